The molecule has 3 aromatic carbocycles. The Bertz CT molecular complexity index is 1490. The van der Waals surface area contributed by atoms with Crippen molar-refractivity contribution in [2.45, 2.75) is 43.9 Å². The standard InChI is InChI=1S/C28H28Cl2F3N3O4S/c1-3-25(27(38)34-4-2)35(17-19-13-14-21(29)16-24(19)30)26(37)18-36(41(39,40)23-11-6-5-7-12-23)22-10-8-9-20(15-22)28(31,32)33/h5-16,25H,3-4,17-18H2,1-2H3,(H,34,38). The van der Waals surface area contributed by atoms with Crippen LogP contribution >= 0.6 is 23.2 Å². The van der Waals surface area contributed by atoms with Crippen LogP contribution in [0.2, 0.25) is 10.0 Å². The van der Waals surface area contributed by atoms with Crippen molar-refractivity contribution in [3.05, 3.63) is 94.0 Å². The number of amides is 2. The van der Waals surface area contributed by atoms with E-state index in [9.17, 15) is 31.2 Å². The van der Waals surface area contributed by atoms with Crippen molar-refractivity contribution in [1.29, 1.82) is 0 Å². The highest BCUT2D eigenvalue weighted by Crippen LogP contribution is 2.33. The molecular weight excluding hydrogens is 602 g/mol. The summed E-state index contributed by atoms with van der Waals surface area (Å²) in [7, 11) is -4.52. The van der Waals surface area contributed by atoms with Crippen molar-refractivity contribution in [3.8, 4) is 0 Å². The van der Waals surface area contributed by atoms with Crippen LogP contribution in [0.5, 0.6) is 0 Å². The van der Waals surface area contributed by atoms with Gasteiger partial charge >= 0.3 is 6.18 Å². The molecule has 0 aliphatic heterocycles. The normalized spacial score (nSPS) is 12.5. The summed E-state index contributed by atoms with van der Waals surface area (Å²) in [6.45, 7) is 2.58. The number of sulfonamides is 1. The third-order valence-corrected chi connectivity index (χ3v) is 8.54. The van der Waals surface area contributed by atoms with E-state index in [1.54, 1.807) is 32.0 Å². The van der Waals surface area contributed by atoms with E-state index in [4.69, 9.17) is 23.2 Å². The van der Waals surface area contributed by atoms with E-state index in [-0.39, 0.29) is 35.1 Å². The average molecular weight is 631 g/mol. The molecule has 1 atom stereocenters. The van der Waals surface area contributed by atoms with Crippen molar-refractivity contribution < 1.29 is 31.2 Å². The zero-order valence-electron chi connectivity index (χ0n) is 22.2. The predicted octanol–water partition coefficient (Wildman–Crippen LogP) is 6.15. The Morgan fingerprint density at radius 2 is 1.63 bits per heavy atom. The van der Waals surface area contributed by atoms with Gasteiger partial charge in [0.05, 0.1) is 16.1 Å². The molecule has 1 N–H and O–H groups in total. The lowest BCUT2D eigenvalue weighted by Crippen LogP contribution is -2.52. The number of nitrogens with one attached hydrogen (secondary N) is 1. The largest absolute Gasteiger partial charge is 0.416 e. The Balaban J connectivity index is 2.13. The van der Waals surface area contributed by atoms with Gasteiger partial charge in [0.15, 0.2) is 0 Å². The van der Waals surface area contributed by atoms with Gasteiger partial charge < -0.3 is 10.2 Å². The summed E-state index contributed by atoms with van der Waals surface area (Å²) in [4.78, 5) is 27.8. The Hall–Kier alpha value is -3.28. The van der Waals surface area contributed by atoms with Crippen molar-refractivity contribution in [1.82, 2.24) is 10.2 Å². The van der Waals surface area contributed by atoms with Crippen LogP contribution < -0.4 is 9.62 Å². The minimum absolute atomic E-state index is 0.164. The zero-order chi connectivity index (χ0) is 30.4. The summed E-state index contributed by atoms with van der Waals surface area (Å²) in [6, 6.07) is 14.3. The highest BCUT2D eigenvalue weighted by atomic mass is 35.5. The highest BCUT2D eigenvalue weighted by molar-refractivity contribution is 7.92. The number of hydrogen-bond acceptors (Lipinski definition) is 4. The number of alkyl halides is 3. The monoisotopic (exact) mass is 629 g/mol. The lowest BCUT2D eigenvalue weighted by atomic mass is 10.1. The lowest BCUT2D eigenvalue weighted by Gasteiger charge is -2.33. The first-order chi connectivity index (χ1) is 19.3. The van der Waals surface area contributed by atoms with E-state index in [0.29, 0.717) is 21.0 Å². The van der Waals surface area contributed by atoms with Crippen molar-refractivity contribution in [2.75, 3.05) is 17.4 Å². The smallest absolute Gasteiger partial charge is 0.355 e. The molecule has 13 heteroatoms. The number of rotatable bonds is 11. The van der Waals surface area contributed by atoms with E-state index in [1.807, 2.05) is 0 Å². The lowest BCUT2D eigenvalue weighted by molar-refractivity contribution is -0.140. The second kappa shape index (κ2) is 13.6. The summed E-state index contributed by atoms with van der Waals surface area (Å²) < 4.78 is 68.7. The van der Waals surface area contributed by atoms with Crippen LogP contribution in [-0.2, 0) is 32.3 Å². The van der Waals surface area contributed by atoms with Gasteiger partial charge in [-0.1, -0.05) is 60.5 Å². The fraction of sp³-hybridized carbons (Fsp3) is 0.286. The molecule has 0 aliphatic carbocycles. The topological polar surface area (TPSA) is 86.8 Å². The average Bonchev–Trinajstić information content (AvgIpc) is 2.92. The number of hydrogen-bond donors (Lipinski definition) is 1. The van der Waals surface area contributed by atoms with Crippen LogP contribution in [0.3, 0.4) is 0 Å². The summed E-state index contributed by atoms with van der Waals surface area (Å²) in [5.74, 6) is -1.31. The SMILES string of the molecule is CCNC(=O)C(CC)N(Cc1ccc(Cl)cc1Cl)C(=O)CN(c1cccc(C(F)(F)F)c1)S(=O)(=O)c1ccccc1. The van der Waals surface area contributed by atoms with Crippen LogP contribution in [0, 0.1) is 0 Å². The Morgan fingerprint density at radius 1 is 0.951 bits per heavy atom. The molecule has 1 unspecified atom stereocenters. The second-order valence-corrected chi connectivity index (χ2v) is 11.7. The van der Waals surface area contributed by atoms with Gasteiger partial charge in [-0.25, -0.2) is 8.42 Å². The molecule has 0 radical (unpaired) electrons. The Kier molecular flexibility index (Phi) is 10.7. The molecule has 0 aromatic heterocycles. The number of halogens is 5. The molecule has 3 rings (SSSR count). The van der Waals surface area contributed by atoms with E-state index >= 15 is 0 Å². The number of nitrogens with zero attached hydrogens (tertiary/aromatic N) is 2. The highest BCUT2D eigenvalue weighted by Gasteiger charge is 2.36. The van der Waals surface area contributed by atoms with Gasteiger partial charge in [-0.15, -0.1) is 0 Å². The molecule has 0 bridgehead atoms. The fourth-order valence-electron chi connectivity index (χ4n) is 4.13. The van der Waals surface area contributed by atoms with Gasteiger partial charge in [0.1, 0.15) is 12.6 Å². The van der Waals surface area contributed by atoms with Crippen molar-refractivity contribution in [2.24, 2.45) is 0 Å². The van der Waals surface area contributed by atoms with Crippen LogP contribution in [0.15, 0.2) is 77.7 Å². The van der Waals surface area contributed by atoms with Gasteiger partial charge in [0.25, 0.3) is 10.0 Å². The van der Waals surface area contributed by atoms with Gasteiger partial charge in [-0.2, -0.15) is 13.2 Å². The molecule has 0 fully saturated rings. The van der Waals surface area contributed by atoms with Crippen molar-refractivity contribution >= 4 is 50.7 Å². The minimum Gasteiger partial charge on any atom is -0.355 e. The van der Waals surface area contributed by atoms with Gasteiger partial charge in [-0.05, 0) is 61.4 Å². The van der Waals surface area contributed by atoms with Crippen LogP contribution in [-0.4, -0.2) is 44.3 Å². The summed E-state index contributed by atoms with van der Waals surface area (Å²) in [5, 5.41) is 3.22. The molecule has 3 aromatic rings. The fourth-order valence-corrected chi connectivity index (χ4v) is 6.03. The quantitative estimate of drug-likeness (QED) is 0.276. The number of carbonyl (C=O) groups is 2. The van der Waals surface area contributed by atoms with Gasteiger partial charge in [-0.3, -0.25) is 13.9 Å². The van der Waals surface area contributed by atoms with Crippen molar-refractivity contribution in [3.63, 3.8) is 0 Å². The van der Waals surface area contributed by atoms with E-state index in [2.05, 4.69) is 5.32 Å². The summed E-state index contributed by atoms with van der Waals surface area (Å²) >= 11 is 12.4. The molecule has 41 heavy (non-hydrogen) atoms. The van der Waals surface area contributed by atoms with E-state index in [0.717, 1.165) is 12.1 Å². The molecule has 0 spiro atoms. The van der Waals surface area contributed by atoms with E-state index in [1.165, 1.54) is 41.3 Å². The van der Waals surface area contributed by atoms with Crippen LogP contribution in [0.25, 0.3) is 0 Å². The molecular formula is C28H28Cl2F3N3O4S. The molecule has 0 saturated heterocycles. The summed E-state index contributed by atoms with van der Waals surface area (Å²) in [5.41, 5.74) is -1.02. The zero-order valence-corrected chi connectivity index (χ0v) is 24.5. The first-order valence-electron chi connectivity index (χ1n) is 12.6. The molecule has 2 amide bonds. The van der Waals surface area contributed by atoms with Gasteiger partial charge in [0.2, 0.25) is 11.8 Å². The molecule has 0 aliphatic rings. The van der Waals surface area contributed by atoms with E-state index < -0.39 is 46.2 Å². The third-order valence-electron chi connectivity index (χ3n) is 6.16. The number of benzene rings is 3. The van der Waals surface area contributed by atoms with Gasteiger partial charge in [0, 0.05) is 23.1 Å². The first kappa shape index (κ1) is 32.2. The molecule has 7 nitrogen and oxygen atoms in total. The maximum atomic E-state index is 13.9. The minimum atomic E-state index is -4.76. The van der Waals surface area contributed by atoms with Crippen LogP contribution in [0.1, 0.15) is 31.4 Å². The first-order valence-corrected chi connectivity index (χ1v) is 14.7. The molecule has 0 saturated carbocycles. The third kappa shape index (κ3) is 7.93. The predicted molar refractivity (Wildman–Crippen MR) is 152 cm³/mol. The molecule has 0 heterocycles. The second-order valence-electron chi connectivity index (χ2n) is 8.95. The Labute approximate surface area is 246 Å². The van der Waals surface area contributed by atoms with Crippen LogP contribution in [0.4, 0.5) is 18.9 Å². The molecule has 220 valence electrons. The maximum Gasteiger partial charge on any atom is 0.416 e. The number of carbonyl (C=O) groups excluding carboxylic acids is 2. The maximum absolute atomic E-state index is 13.9. The number of anilines is 1. The number of likely N-dealkylation sites (N-methyl/N-ethyl adjacent to an activating group) is 1. The Morgan fingerprint density at radius 3 is 2.22 bits per heavy atom. The summed E-state index contributed by atoms with van der Waals surface area (Å²) in [6.07, 6.45) is -4.59.